The minimum absolute atomic E-state index is 0.118. The Labute approximate surface area is 181 Å². The highest BCUT2D eigenvalue weighted by Gasteiger charge is 2.49. The molecule has 0 spiro atoms. The zero-order valence-electron chi connectivity index (χ0n) is 16.9. The average Bonchev–Trinajstić information content (AvgIpc) is 3.44. The number of H-pyrrole nitrogens is 1. The number of rotatable bonds is 4. The summed E-state index contributed by atoms with van der Waals surface area (Å²) in [6.07, 6.45) is 6.73. The number of pyridine rings is 1. The number of carbonyl (C=O) groups is 1. The van der Waals surface area contributed by atoms with Crippen LogP contribution in [-0.4, -0.2) is 36.4 Å². The average molecular weight is 468 g/mol. The Morgan fingerprint density at radius 3 is 2.63 bits per heavy atom. The van der Waals surface area contributed by atoms with Gasteiger partial charge in [0.2, 0.25) is 5.91 Å². The zero-order valence-corrected chi connectivity index (χ0v) is 18.5. The van der Waals surface area contributed by atoms with Gasteiger partial charge in [-0.3, -0.25) is 9.48 Å². The van der Waals surface area contributed by atoms with E-state index >= 15 is 0 Å². The second-order valence-corrected chi connectivity index (χ2v) is 9.10. The SMILES string of the molecule is Cc1nn(C)c(C)c1-c1nc2ncc(Br)c(C(=N)C3C4C=CC(C4)C3C(N)=O)c2[nH]1. The molecule has 2 aliphatic rings. The number of amides is 1. The lowest BCUT2D eigenvalue weighted by atomic mass is 9.77. The van der Waals surface area contributed by atoms with Gasteiger partial charge in [-0.2, -0.15) is 5.10 Å². The van der Waals surface area contributed by atoms with E-state index in [2.05, 4.69) is 48.1 Å². The third kappa shape index (κ3) is 2.61. The van der Waals surface area contributed by atoms with Crippen molar-refractivity contribution >= 4 is 38.7 Å². The summed E-state index contributed by atoms with van der Waals surface area (Å²) in [5, 5.41) is 13.5. The molecular weight excluding hydrogens is 446 g/mol. The molecule has 2 aliphatic carbocycles. The second-order valence-electron chi connectivity index (χ2n) is 8.25. The number of carbonyl (C=O) groups excluding carboxylic acids is 1. The van der Waals surface area contributed by atoms with Gasteiger partial charge in [0.15, 0.2) is 5.65 Å². The van der Waals surface area contributed by atoms with E-state index in [0.717, 1.165) is 23.4 Å². The van der Waals surface area contributed by atoms with Gasteiger partial charge in [-0.1, -0.05) is 12.2 Å². The van der Waals surface area contributed by atoms with Gasteiger partial charge in [-0.15, -0.1) is 0 Å². The van der Waals surface area contributed by atoms with Crippen molar-refractivity contribution in [1.29, 1.82) is 5.41 Å². The number of aromatic nitrogens is 5. The maximum atomic E-state index is 12.2. The quantitative estimate of drug-likeness (QED) is 0.402. The first kappa shape index (κ1) is 19.2. The summed E-state index contributed by atoms with van der Waals surface area (Å²) in [5.41, 5.74) is 10.8. The second kappa shape index (κ2) is 6.60. The number of nitrogens with zero attached hydrogens (tertiary/aromatic N) is 4. The number of hydrogen-bond donors (Lipinski definition) is 3. The number of nitrogens with one attached hydrogen (secondary N) is 2. The van der Waals surface area contributed by atoms with Crippen LogP contribution in [0.15, 0.2) is 22.8 Å². The van der Waals surface area contributed by atoms with Crippen LogP contribution >= 0.6 is 15.9 Å². The smallest absolute Gasteiger partial charge is 0.221 e. The summed E-state index contributed by atoms with van der Waals surface area (Å²) >= 11 is 3.57. The minimum Gasteiger partial charge on any atom is -0.369 e. The molecule has 3 aromatic rings. The molecule has 4 atom stereocenters. The molecule has 154 valence electrons. The topological polar surface area (TPSA) is 126 Å². The molecule has 0 saturated heterocycles. The highest BCUT2D eigenvalue weighted by molar-refractivity contribution is 9.10. The molecule has 9 heteroatoms. The highest BCUT2D eigenvalue weighted by atomic mass is 79.9. The highest BCUT2D eigenvalue weighted by Crippen LogP contribution is 2.49. The van der Waals surface area contributed by atoms with Crippen LogP contribution < -0.4 is 5.73 Å². The van der Waals surface area contributed by atoms with Crippen molar-refractivity contribution < 1.29 is 4.79 Å². The summed E-state index contributed by atoms with van der Waals surface area (Å²) in [4.78, 5) is 24.7. The van der Waals surface area contributed by atoms with Crippen LogP contribution in [0.25, 0.3) is 22.6 Å². The molecule has 4 unspecified atom stereocenters. The fraction of sp³-hybridized carbons (Fsp3) is 0.381. The third-order valence-corrected chi connectivity index (χ3v) is 7.21. The molecule has 8 nitrogen and oxygen atoms in total. The van der Waals surface area contributed by atoms with Crippen molar-refractivity contribution in [3.63, 3.8) is 0 Å². The van der Waals surface area contributed by atoms with Gasteiger partial charge >= 0.3 is 0 Å². The van der Waals surface area contributed by atoms with Crippen LogP contribution in [0.5, 0.6) is 0 Å². The van der Waals surface area contributed by atoms with Gasteiger partial charge in [0.05, 0.1) is 22.7 Å². The van der Waals surface area contributed by atoms with Gasteiger partial charge in [-0.05, 0) is 48.0 Å². The number of hydrogen-bond acceptors (Lipinski definition) is 5. The van der Waals surface area contributed by atoms with Gasteiger partial charge in [0.25, 0.3) is 0 Å². The van der Waals surface area contributed by atoms with E-state index in [9.17, 15) is 4.79 Å². The van der Waals surface area contributed by atoms with Crippen molar-refractivity contribution in [3.8, 4) is 11.4 Å². The Bertz CT molecular complexity index is 1250. The standard InChI is InChI=1S/C21H22BrN7O/c1-8-13(9(2)29(3)28-8)20-26-18-16(12(22)7-25-21(18)27-20)17(23)14-10-4-5-11(6-10)15(14)19(24)30/h4-5,7,10-11,14-15,23H,6H2,1-3H3,(H2,24,30)(H,25,26,27). The molecule has 1 amide bonds. The van der Waals surface area contributed by atoms with Crippen molar-refractivity contribution in [3.05, 3.63) is 39.8 Å². The Hall–Kier alpha value is -2.81. The zero-order chi connectivity index (χ0) is 21.3. The summed E-state index contributed by atoms with van der Waals surface area (Å²) in [5.74, 6) is 0.00935. The van der Waals surface area contributed by atoms with Crippen molar-refractivity contribution in [2.45, 2.75) is 20.3 Å². The normalized spacial score (nSPS) is 24.8. The molecular formula is C21H22BrN7O. The van der Waals surface area contributed by atoms with Gasteiger partial charge in [-0.25, -0.2) is 9.97 Å². The molecule has 4 N–H and O–H groups in total. The van der Waals surface area contributed by atoms with E-state index in [1.807, 2.05) is 25.6 Å². The predicted molar refractivity (Wildman–Crippen MR) is 117 cm³/mol. The monoisotopic (exact) mass is 467 g/mol. The number of nitrogens with two attached hydrogens (primary N) is 1. The molecule has 0 aliphatic heterocycles. The van der Waals surface area contributed by atoms with E-state index in [1.54, 1.807) is 6.20 Å². The number of aromatic amines is 1. The van der Waals surface area contributed by atoms with E-state index < -0.39 is 0 Å². The van der Waals surface area contributed by atoms with Crippen LogP contribution in [0.2, 0.25) is 0 Å². The minimum atomic E-state index is -0.354. The lowest BCUT2D eigenvalue weighted by molar-refractivity contribution is -0.123. The van der Waals surface area contributed by atoms with Crippen LogP contribution in [-0.2, 0) is 11.8 Å². The molecule has 5 rings (SSSR count). The van der Waals surface area contributed by atoms with Crippen molar-refractivity contribution in [2.24, 2.45) is 36.5 Å². The Morgan fingerprint density at radius 1 is 1.30 bits per heavy atom. The summed E-state index contributed by atoms with van der Waals surface area (Å²) in [6.45, 7) is 3.94. The number of allylic oxidation sites excluding steroid dienone is 2. The van der Waals surface area contributed by atoms with Crippen LogP contribution in [0.1, 0.15) is 23.4 Å². The Morgan fingerprint density at radius 2 is 2.00 bits per heavy atom. The molecule has 1 saturated carbocycles. The molecule has 30 heavy (non-hydrogen) atoms. The first-order valence-electron chi connectivity index (χ1n) is 9.89. The first-order chi connectivity index (χ1) is 14.3. The fourth-order valence-corrected chi connectivity index (χ4v) is 5.72. The van der Waals surface area contributed by atoms with E-state index in [4.69, 9.17) is 11.1 Å². The first-order valence-corrected chi connectivity index (χ1v) is 10.7. The van der Waals surface area contributed by atoms with E-state index in [0.29, 0.717) is 32.7 Å². The summed E-state index contributed by atoms with van der Waals surface area (Å²) in [6, 6.07) is 0. The molecule has 3 aromatic heterocycles. The predicted octanol–water partition coefficient (Wildman–Crippen LogP) is 3.03. The number of fused-ring (bicyclic) bond motifs is 3. The van der Waals surface area contributed by atoms with Crippen LogP contribution in [0.3, 0.4) is 0 Å². The number of aryl methyl sites for hydroxylation is 2. The van der Waals surface area contributed by atoms with Gasteiger partial charge in [0.1, 0.15) is 5.82 Å². The molecule has 1 fully saturated rings. The number of primary amides is 1. The van der Waals surface area contributed by atoms with Gasteiger partial charge in [0, 0.05) is 40.6 Å². The Kier molecular flexibility index (Phi) is 4.22. The molecule has 2 bridgehead atoms. The molecule has 0 aromatic carbocycles. The molecule has 3 heterocycles. The lowest BCUT2D eigenvalue weighted by Crippen LogP contribution is -2.37. The van der Waals surface area contributed by atoms with E-state index in [-0.39, 0.29) is 29.6 Å². The lowest BCUT2D eigenvalue weighted by Gasteiger charge is -2.26. The maximum absolute atomic E-state index is 12.2. The largest absolute Gasteiger partial charge is 0.369 e. The van der Waals surface area contributed by atoms with Crippen LogP contribution in [0.4, 0.5) is 0 Å². The summed E-state index contributed by atoms with van der Waals surface area (Å²) in [7, 11) is 1.90. The van der Waals surface area contributed by atoms with Crippen LogP contribution in [0, 0.1) is 42.9 Å². The maximum Gasteiger partial charge on any atom is 0.221 e. The van der Waals surface area contributed by atoms with Crippen molar-refractivity contribution in [1.82, 2.24) is 24.7 Å². The number of halogens is 1. The van der Waals surface area contributed by atoms with Gasteiger partial charge < -0.3 is 16.1 Å². The summed E-state index contributed by atoms with van der Waals surface area (Å²) < 4.78 is 2.52. The van der Waals surface area contributed by atoms with E-state index in [1.165, 1.54) is 0 Å². The third-order valence-electron chi connectivity index (χ3n) is 6.61. The Balaban J connectivity index is 1.65. The molecule has 0 radical (unpaired) electrons. The fourth-order valence-electron chi connectivity index (χ4n) is 5.20. The van der Waals surface area contributed by atoms with Crippen molar-refractivity contribution in [2.75, 3.05) is 0 Å². The number of imidazole rings is 1.